The highest BCUT2D eigenvalue weighted by Gasteiger charge is 2.11. The molecule has 0 bridgehead atoms. The third-order valence-corrected chi connectivity index (χ3v) is 2.94. The van der Waals surface area contributed by atoms with Gasteiger partial charge in [0.05, 0.1) is 6.10 Å². The monoisotopic (exact) mass is 307 g/mol. The van der Waals surface area contributed by atoms with Crippen LogP contribution < -0.4 is 10.1 Å². The van der Waals surface area contributed by atoms with Gasteiger partial charge in [0.15, 0.2) is 18.2 Å². The summed E-state index contributed by atoms with van der Waals surface area (Å²) in [5.41, 5.74) is 0.483. The number of hydrogen-bond donors (Lipinski definition) is 2. The summed E-state index contributed by atoms with van der Waals surface area (Å²) >= 11 is 0. The summed E-state index contributed by atoms with van der Waals surface area (Å²) in [4.78, 5) is 11.6. The standard InChI is InChI=1S/C16H15F2NO3/c17-12-7-5-11(6-8-12)14(20)9-19-16(21)10-22-15-4-2-1-3-13(15)18/h1-8,14,20H,9-10H2,(H,19,21). The molecule has 0 aliphatic rings. The maximum Gasteiger partial charge on any atom is 0.258 e. The molecule has 0 aliphatic heterocycles. The Morgan fingerprint density at radius 3 is 2.50 bits per heavy atom. The molecule has 0 aliphatic carbocycles. The van der Waals surface area contributed by atoms with E-state index in [2.05, 4.69) is 5.32 Å². The van der Waals surface area contributed by atoms with E-state index >= 15 is 0 Å². The molecule has 4 nitrogen and oxygen atoms in total. The van der Waals surface area contributed by atoms with Crippen molar-refractivity contribution in [3.63, 3.8) is 0 Å². The molecule has 0 aromatic heterocycles. The van der Waals surface area contributed by atoms with Crippen LogP contribution >= 0.6 is 0 Å². The fourth-order valence-electron chi connectivity index (χ4n) is 1.77. The minimum atomic E-state index is -0.960. The number of benzene rings is 2. The van der Waals surface area contributed by atoms with E-state index in [1.807, 2.05) is 0 Å². The molecular formula is C16H15F2NO3. The Balaban J connectivity index is 1.78. The molecule has 1 atom stereocenters. The lowest BCUT2D eigenvalue weighted by Crippen LogP contribution is -2.32. The molecule has 0 heterocycles. The molecule has 0 radical (unpaired) electrons. The van der Waals surface area contributed by atoms with Gasteiger partial charge >= 0.3 is 0 Å². The first kappa shape index (κ1) is 15.9. The molecular weight excluding hydrogens is 292 g/mol. The first-order chi connectivity index (χ1) is 10.6. The topological polar surface area (TPSA) is 58.6 Å². The Bertz CT molecular complexity index is 632. The fourth-order valence-corrected chi connectivity index (χ4v) is 1.77. The lowest BCUT2D eigenvalue weighted by Gasteiger charge is -2.13. The number of rotatable bonds is 6. The molecule has 0 spiro atoms. The maximum absolute atomic E-state index is 13.3. The maximum atomic E-state index is 13.3. The predicted molar refractivity (Wildman–Crippen MR) is 76.3 cm³/mol. The average molecular weight is 307 g/mol. The van der Waals surface area contributed by atoms with Gasteiger partial charge in [0.25, 0.3) is 5.91 Å². The van der Waals surface area contributed by atoms with Gasteiger partial charge in [-0.15, -0.1) is 0 Å². The van der Waals surface area contributed by atoms with Crippen molar-refractivity contribution in [2.75, 3.05) is 13.2 Å². The number of ether oxygens (including phenoxy) is 1. The minimum absolute atomic E-state index is 0.0169. The highest BCUT2D eigenvalue weighted by molar-refractivity contribution is 5.77. The van der Waals surface area contributed by atoms with Crippen molar-refractivity contribution >= 4 is 5.91 Å². The molecule has 2 rings (SSSR count). The third-order valence-electron chi connectivity index (χ3n) is 2.94. The van der Waals surface area contributed by atoms with E-state index in [0.29, 0.717) is 5.56 Å². The molecule has 1 amide bonds. The van der Waals surface area contributed by atoms with Crippen LogP contribution in [0.15, 0.2) is 48.5 Å². The summed E-state index contributed by atoms with van der Waals surface area (Å²) in [6.07, 6.45) is -0.960. The van der Waals surface area contributed by atoms with Crippen LogP contribution in [0.2, 0.25) is 0 Å². The Morgan fingerprint density at radius 2 is 1.82 bits per heavy atom. The van der Waals surface area contributed by atoms with Crippen molar-refractivity contribution in [1.82, 2.24) is 5.32 Å². The number of nitrogens with one attached hydrogen (secondary N) is 1. The van der Waals surface area contributed by atoms with E-state index < -0.39 is 23.6 Å². The normalized spacial score (nSPS) is 11.8. The highest BCUT2D eigenvalue weighted by atomic mass is 19.1. The number of aliphatic hydroxyl groups is 1. The first-order valence-corrected chi connectivity index (χ1v) is 6.64. The van der Waals surface area contributed by atoms with E-state index in [1.54, 1.807) is 6.07 Å². The second-order valence-electron chi connectivity index (χ2n) is 4.59. The molecule has 0 saturated heterocycles. The third kappa shape index (κ3) is 4.53. The van der Waals surface area contributed by atoms with Gasteiger partial charge in [-0.3, -0.25) is 4.79 Å². The Kier molecular flexibility index (Phi) is 5.43. The van der Waals surface area contributed by atoms with Crippen LogP contribution in [-0.4, -0.2) is 24.2 Å². The zero-order valence-corrected chi connectivity index (χ0v) is 11.6. The van der Waals surface area contributed by atoms with Gasteiger partial charge in [-0.05, 0) is 29.8 Å². The van der Waals surface area contributed by atoms with Crippen molar-refractivity contribution in [3.05, 3.63) is 65.7 Å². The summed E-state index contributed by atoms with van der Waals surface area (Å²) < 4.78 is 31.1. The fraction of sp³-hybridized carbons (Fsp3) is 0.188. The van der Waals surface area contributed by atoms with Crippen LogP contribution in [0, 0.1) is 11.6 Å². The number of aliphatic hydroxyl groups excluding tert-OH is 1. The molecule has 116 valence electrons. The van der Waals surface area contributed by atoms with E-state index in [4.69, 9.17) is 4.74 Å². The van der Waals surface area contributed by atoms with Crippen molar-refractivity contribution < 1.29 is 23.4 Å². The molecule has 1 unspecified atom stereocenters. The summed E-state index contributed by atoms with van der Waals surface area (Å²) in [6, 6.07) is 11.1. The van der Waals surface area contributed by atoms with Crippen LogP contribution in [0.25, 0.3) is 0 Å². The molecule has 2 aromatic carbocycles. The summed E-state index contributed by atoms with van der Waals surface area (Å²) in [5.74, 6) is -1.47. The van der Waals surface area contributed by atoms with Crippen LogP contribution in [0.1, 0.15) is 11.7 Å². The van der Waals surface area contributed by atoms with Crippen molar-refractivity contribution in [1.29, 1.82) is 0 Å². The number of amides is 1. The number of carbonyl (C=O) groups is 1. The zero-order valence-electron chi connectivity index (χ0n) is 11.6. The SMILES string of the molecule is O=C(COc1ccccc1F)NCC(O)c1ccc(F)cc1. The summed E-state index contributed by atoms with van der Waals surface area (Å²) in [5, 5.41) is 12.3. The van der Waals surface area contributed by atoms with Gasteiger partial charge in [0, 0.05) is 6.54 Å². The molecule has 22 heavy (non-hydrogen) atoms. The highest BCUT2D eigenvalue weighted by Crippen LogP contribution is 2.15. The lowest BCUT2D eigenvalue weighted by molar-refractivity contribution is -0.123. The van der Waals surface area contributed by atoms with Gasteiger partial charge in [-0.25, -0.2) is 8.78 Å². The van der Waals surface area contributed by atoms with Crippen molar-refractivity contribution in [2.45, 2.75) is 6.10 Å². The quantitative estimate of drug-likeness (QED) is 0.860. The average Bonchev–Trinajstić information content (AvgIpc) is 2.52. The van der Waals surface area contributed by atoms with Crippen LogP contribution in [0.4, 0.5) is 8.78 Å². The van der Waals surface area contributed by atoms with Gasteiger partial charge in [-0.1, -0.05) is 24.3 Å². The van der Waals surface area contributed by atoms with E-state index in [-0.39, 0.29) is 18.9 Å². The zero-order chi connectivity index (χ0) is 15.9. The Labute approximate surface area is 126 Å². The molecule has 6 heteroatoms. The Morgan fingerprint density at radius 1 is 1.14 bits per heavy atom. The van der Waals surface area contributed by atoms with E-state index in [0.717, 1.165) is 0 Å². The molecule has 0 saturated carbocycles. The number of para-hydroxylation sites is 1. The van der Waals surface area contributed by atoms with Gasteiger partial charge < -0.3 is 15.2 Å². The predicted octanol–water partition coefficient (Wildman–Crippen LogP) is 2.19. The van der Waals surface area contributed by atoms with Gasteiger partial charge in [0.2, 0.25) is 0 Å². The van der Waals surface area contributed by atoms with Gasteiger partial charge in [-0.2, -0.15) is 0 Å². The Hall–Kier alpha value is -2.47. The van der Waals surface area contributed by atoms with Crippen LogP contribution in [-0.2, 0) is 4.79 Å². The second-order valence-corrected chi connectivity index (χ2v) is 4.59. The summed E-state index contributed by atoms with van der Waals surface area (Å²) in [6.45, 7) is -0.415. The first-order valence-electron chi connectivity index (χ1n) is 6.64. The van der Waals surface area contributed by atoms with Crippen molar-refractivity contribution in [2.24, 2.45) is 0 Å². The summed E-state index contributed by atoms with van der Waals surface area (Å²) in [7, 11) is 0. The smallest absolute Gasteiger partial charge is 0.258 e. The van der Waals surface area contributed by atoms with Crippen molar-refractivity contribution in [3.8, 4) is 5.75 Å². The number of halogens is 2. The van der Waals surface area contributed by atoms with Crippen LogP contribution in [0.3, 0.4) is 0 Å². The van der Waals surface area contributed by atoms with Gasteiger partial charge in [0.1, 0.15) is 5.82 Å². The number of hydrogen-bond acceptors (Lipinski definition) is 3. The second kappa shape index (κ2) is 7.51. The lowest BCUT2D eigenvalue weighted by atomic mass is 10.1. The molecule has 2 N–H and O–H groups in total. The van der Waals surface area contributed by atoms with E-state index in [9.17, 15) is 18.7 Å². The number of carbonyl (C=O) groups excluding carboxylic acids is 1. The minimum Gasteiger partial charge on any atom is -0.481 e. The van der Waals surface area contributed by atoms with Crippen LogP contribution in [0.5, 0.6) is 5.75 Å². The largest absolute Gasteiger partial charge is 0.481 e. The van der Waals surface area contributed by atoms with E-state index in [1.165, 1.54) is 42.5 Å². The molecule has 2 aromatic rings. The molecule has 0 fully saturated rings.